The third-order valence-electron chi connectivity index (χ3n) is 3.85. The Morgan fingerprint density at radius 2 is 1.90 bits per heavy atom. The van der Waals surface area contributed by atoms with E-state index in [1.165, 1.54) is 13.2 Å². The summed E-state index contributed by atoms with van der Waals surface area (Å²) in [6.07, 6.45) is 1.10. The minimum absolute atomic E-state index is 0.127. The smallest absolute Gasteiger partial charge is 0.355 e. The molecule has 3 aromatic rings. The molecule has 3 N–H and O–H groups in total. The molecule has 0 aliphatic heterocycles. The number of amides is 1. The van der Waals surface area contributed by atoms with Crippen LogP contribution in [0.3, 0.4) is 0 Å². The summed E-state index contributed by atoms with van der Waals surface area (Å²) in [6.45, 7) is -0.305. The summed E-state index contributed by atoms with van der Waals surface area (Å²) < 4.78 is 10.5. The van der Waals surface area contributed by atoms with E-state index in [2.05, 4.69) is 26.1 Å². The second kappa shape index (κ2) is 10.1. The van der Waals surface area contributed by atoms with Crippen molar-refractivity contribution in [2.45, 2.75) is 0 Å². The van der Waals surface area contributed by atoms with Crippen LogP contribution in [0.15, 0.2) is 54.9 Å². The Morgan fingerprint density at radius 3 is 2.61 bits per heavy atom. The number of carbonyl (C=O) groups is 1. The monoisotopic (exact) mass is 444 g/mol. The number of aromatic nitrogens is 2. The molecule has 0 fully saturated rings. The summed E-state index contributed by atoms with van der Waals surface area (Å²) in [5, 5.41) is 14.9. The molecule has 1 aromatic heterocycles. The molecule has 12 heteroatoms. The van der Waals surface area contributed by atoms with Crippen molar-refractivity contribution in [2.75, 3.05) is 24.5 Å². The molecule has 0 saturated heterocycles. The van der Waals surface area contributed by atoms with E-state index in [4.69, 9.17) is 21.1 Å². The van der Waals surface area contributed by atoms with Crippen molar-refractivity contribution in [3.05, 3.63) is 70.0 Å². The SMILES string of the molecule is COc1ccc(Cl)cc1Nc1ncnc(NNC(=O)COc2ccccc2)c1[N+](=O)[O-]. The van der Waals surface area contributed by atoms with Crippen molar-refractivity contribution in [3.8, 4) is 11.5 Å². The molecule has 0 spiro atoms. The van der Waals surface area contributed by atoms with Gasteiger partial charge in [-0.25, -0.2) is 9.97 Å². The van der Waals surface area contributed by atoms with E-state index in [0.717, 1.165) is 6.33 Å². The molecule has 0 saturated carbocycles. The van der Waals surface area contributed by atoms with Gasteiger partial charge in [0.25, 0.3) is 5.91 Å². The Balaban J connectivity index is 1.74. The molecule has 11 nitrogen and oxygen atoms in total. The van der Waals surface area contributed by atoms with E-state index in [0.29, 0.717) is 22.2 Å². The number of ether oxygens (including phenoxy) is 2. The lowest BCUT2D eigenvalue weighted by atomic mass is 10.3. The van der Waals surface area contributed by atoms with Gasteiger partial charge in [-0.2, -0.15) is 0 Å². The predicted octanol–water partition coefficient (Wildman–Crippen LogP) is 3.31. The minimum Gasteiger partial charge on any atom is -0.495 e. The largest absolute Gasteiger partial charge is 0.495 e. The number of carbonyl (C=O) groups excluding carboxylic acids is 1. The summed E-state index contributed by atoms with van der Waals surface area (Å²) in [5.74, 6) is -0.0111. The van der Waals surface area contributed by atoms with Gasteiger partial charge in [-0.05, 0) is 30.3 Å². The zero-order chi connectivity index (χ0) is 22.2. The molecule has 3 rings (SSSR count). The van der Waals surface area contributed by atoms with Crippen LogP contribution in [-0.2, 0) is 4.79 Å². The van der Waals surface area contributed by atoms with Crippen LogP contribution in [0, 0.1) is 10.1 Å². The Bertz CT molecular complexity index is 1080. The first-order chi connectivity index (χ1) is 15.0. The highest BCUT2D eigenvalue weighted by Crippen LogP contribution is 2.35. The van der Waals surface area contributed by atoms with Gasteiger partial charge in [0.15, 0.2) is 6.61 Å². The predicted molar refractivity (Wildman–Crippen MR) is 114 cm³/mol. The van der Waals surface area contributed by atoms with Crippen molar-refractivity contribution in [3.63, 3.8) is 0 Å². The number of methoxy groups -OCH3 is 1. The van der Waals surface area contributed by atoms with E-state index in [1.807, 2.05) is 6.07 Å². The molecule has 1 amide bonds. The van der Waals surface area contributed by atoms with Crippen LogP contribution in [0.25, 0.3) is 0 Å². The Labute approximate surface area is 181 Å². The number of anilines is 3. The Kier molecular flexibility index (Phi) is 7.01. The van der Waals surface area contributed by atoms with Crippen LogP contribution < -0.4 is 25.6 Å². The van der Waals surface area contributed by atoms with Gasteiger partial charge in [0.1, 0.15) is 17.8 Å². The number of hydrazine groups is 1. The summed E-state index contributed by atoms with van der Waals surface area (Å²) in [6, 6.07) is 13.5. The number of halogens is 1. The van der Waals surface area contributed by atoms with Gasteiger partial charge >= 0.3 is 5.69 Å². The fourth-order valence-electron chi connectivity index (χ4n) is 2.47. The zero-order valence-corrected chi connectivity index (χ0v) is 16.9. The fourth-order valence-corrected chi connectivity index (χ4v) is 2.64. The first-order valence-corrected chi connectivity index (χ1v) is 9.18. The summed E-state index contributed by atoms with van der Waals surface area (Å²) in [5.41, 5.74) is 4.60. The van der Waals surface area contributed by atoms with Crippen molar-refractivity contribution >= 4 is 40.5 Å². The molecule has 2 aromatic carbocycles. The average molecular weight is 445 g/mol. The van der Waals surface area contributed by atoms with Crippen LogP contribution in [-0.4, -0.2) is 34.5 Å². The highest BCUT2D eigenvalue weighted by atomic mass is 35.5. The number of nitro groups is 1. The van der Waals surface area contributed by atoms with Crippen LogP contribution in [0.4, 0.5) is 23.0 Å². The standard InChI is InChI=1S/C19H17ClN6O5/c1-30-15-8-7-12(20)9-14(15)23-18-17(26(28)29)19(22-11-21-18)25-24-16(27)10-31-13-5-3-2-4-6-13/h2-9,11H,10H2,1H3,(H,24,27)(H2,21,22,23,25). The number of hydrogen-bond donors (Lipinski definition) is 3. The molecule has 160 valence electrons. The average Bonchev–Trinajstić information content (AvgIpc) is 2.77. The number of para-hydroxylation sites is 1. The summed E-state index contributed by atoms with van der Waals surface area (Å²) >= 11 is 6.00. The number of hydrogen-bond acceptors (Lipinski definition) is 9. The quantitative estimate of drug-likeness (QED) is 0.334. The molecule has 0 unspecified atom stereocenters. The third-order valence-corrected chi connectivity index (χ3v) is 4.09. The van der Waals surface area contributed by atoms with E-state index in [9.17, 15) is 14.9 Å². The molecule has 0 bridgehead atoms. The van der Waals surface area contributed by atoms with Crippen molar-refractivity contribution in [1.29, 1.82) is 0 Å². The highest BCUT2D eigenvalue weighted by molar-refractivity contribution is 6.31. The van der Waals surface area contributed by atoms with E-state index in [-0.39, 0.29) is 18.2 Å². The Hall–Kier alpha value is -4.12. The van der Waals surface area contributed by atoms with Gasteiger partial charge in [0.05, 0.1) is 17.7 Å². The molecule has 0 aliphatic rings. The van der Waals surface area contributed by atoms with E-state index in [1.54, 1.807) is 36.4 Å². The fraction of sp³-hybridized carbons (Fsp3) is 0.105. The van der Waals surface area contributed by atoms with Gasteiger partial charge in [-0.1, -0.05) is 29.8 Å². The maximum absolute atomic E-state index is 12.0. The number of rotatable bonds is 9. The number of nitrogens with zero attached hydrogens (tertiary/aromatic N) is 3. The first kappa shape index (κ1) is 21.6. The van der Waals surface area contributed by atoms with E-state index < -0.39 is 16.5 Å². The Morgan fingerprint density at radius 1 is 1.16 bits per heavy atom. The molecular formula is C19H17ClN6O5. The maximum Gasteiger partial charge on any atom is 0.355 e. The second-order valence-corrected chi connectivity index (χ2v) is 6.36. The first-order valence-electron chi connectivity index (χ1n) is 8.80. The summed E-state index contributed by atoms with van der Waals surface area (Å²) in [7, 11) is 1.45. The van der Waals surface area contributed by atoms with Crippen molar-refractivity contribution in [1.82, 2.24) is 15.4 Å². The maximum atomic E-state index is 12.0. The molecule has 1 heterocycles. The molecule has 0 radical (unpaired) electrons. The lowest BCUT2D eigenvalue weighted by Crippen LogP contribution is -2.34. The minimum atomic E-state index is -0.686. The lowest BCUT2D eigenvalue weighted by molar-refractivity contribution is -0.383. The lowest BCUT2D eigenvalue weighted by Gasteiger charge is -2.13. The molecular weight excluding hydrogens is 428 g/mol. The number of benzene rings is 2. The van der Waals surface area contributed by atoms with Gasteiger partial charge in [0.2, 0.25) is 11.6 Å². The zero-order valence-electron chi connectivity index (χ0n) is 16.2. The highest BCUT2D eigenvalue weighted by Gasteiger charge is 2.24. The molecule has 0 atom stereocenters. The third kappa shape index (κ3) is 5.70. The van der Waals surface area contributed by atoms with Gasteiger partial charge in [-0.3, -0.25) is 25.8 Å². The van der Waals surface area contributed by atoms with E-state index >= 15 is 0 Å². The van der Waals surface area contributed by atoms with Crippen LogP contribution in [0.5, 0.6) is 11.5 Å². The van der Waals surface area contributed by atoms with Crippen molar-refractivity contribution in [2.24, 2.45) is 0 Å². The number of nitrogens with one attached hydrogen (secondary N) is 3. The molecule has 0 aliphatic carbocycles. The van der Waals surface area contributed by atoms with Gasteiger partial charge in [0, 0.05) is 5.02 Å². The van der Waals surface area contributed by atoms with Crippen molar-refractivity contribution < 1.29 is 19.2 Å². The van der Waals surface area contributed by atoms with Gasteiger partial charge in [-0.15, -0.1) is 0 Å². The molecule has 31 heavy (non-hydrogen) atoms. The van der Waals surface area contributed by atoms with Gasteiger partial charge < -0.3 is 14.8 Å². The van der Waals surface area contributed by atoms with Crippen LogP contribution >= 0.6 is 11.6 Å². The van der Waals surface area contributed by atoms with Crippen LogP contribution in [0.1, 0.15) is 0 Å². The summed E-state index contributed by atoms with van der Waals surface area (Å²) in [4.78, 5) is 30.7. The van der Waals surface area contributed by atoms with Crippen LogP contribution in [0.2, 0.25) is 5.02 Å². The topological polar surface area (TPSA) is 141 Å². The normalized spacial score (nSPS) is 10.1. The second-order valence-electron chi connectivity index (χ2n) is 5.92.